The van der Waals surface area contributed by atoms with E-state index in [4.69, 9.17) is 0 Å². The van der Waals surface area contributed by atoms with Crippen LogP contribution in [0.4, 0.5) is 0 Å². The molecule has 5 heteroatoms. The van der Waals surface area contributed by atoms with Gasteiger partial charge in [0, 0.05) is 26.6 Å². The molecule has 2 amide bonds. The standard InChI is InChI=1S/C13H23N3O2/c1-10(15-11(2)17)12(18)16-7-4-13(5-8-16)3-6-14-9-13/h10,14H,3-9H2,1-2H3,(H,15,17). The molecule has 0 aromatic heterocycles. The maximum absolute atomic E-state index is 12.1. The number of likely N-dealkylation sites (tertiary alicyclic amines) is 1. The van der Waals surface area contributed by atoms with Crippen LogP contribution in [0.25, 0.3) is 0 Å². The lowest BCUT2D eigenvalue weighted by Gasteiger charge is -2.39. The highest BCUT2D eigenvalue weighted by Gasteiger charge is 2.38. The molecule has 1 unspecified atom stereocenters. The Bertz CT molecular complexity index is 327. The van der Waals surface area contributed by atoms with Gasteiger partial charge in [0.25, 0.3) is 0 Å². The van der Waals surface area contributed by atoms with Crippen LogP contribution < -0.4 is 10.6 Å². The minimum Gasteiger partial charge on any atom is -0.345 e. The minimum atomic E-state index is -0.404. The van der Waals surface area contributed by atoms with Crippen LogP contribution in [0.2, 0.25) is 0 Å². The molecule has 2 fully saturated rings. The number of carbonyl (C=O) groups is 2. The van der Waals surface area contributed by atoms with Crippen molar-refractivity contribution in [2.45, 2.75) is 39.2 Å². The van der Waals surface area contributed by atoms with Crippen molar-refractivity contribution in [3.05, 3.63) is 0 Å². The third-order valence-corrected chi connectivity index (χ3v) is 4.26. The molecule has 2 aliphatic heterocycles. The summed E-state index contributed by atoms with van der Waals surface area (Å²) in [6, 6.07) is -0.404. The normalized spacial score (nSPS) is 24.0. The molecule has 0 saturated carbocycles. The van der Waals surface area contributed by atoms with E-state index in [1.807, 2.05) is 4.90 Å². The molecule has 2 rings (SSSR count). The molecule has 1 atom stereocenters. The monoisotopic (exact) mass is 253 g/mol. The summed E-state index contributed by atoms with van der Waals surface area (Å²) in [6.07, 6.45) is 3.40. The zero-order valence-electron chi connectivity index (χ0n) is 11.3. The van der Waals surface area contributed by atoms with Gasteiger partial charge >= 0.3 is 0 Å². The Hall–Kier alpha value is -1.10. The van der Waals surface area contributed by atoms with E-state index in [9.17, 15) is 9.59 Å². The average Bonchev–Trinajstić information content (AvgIpc) is 2.77. The van der Waals surface area contributed by atoms with Crippen LogP contribution >= 0.6 is 0 Å². The third kappa shape index (κ3) is 2.83. The smallest absolute Gasteiger partial charge is 0.244 e. The number of nitrogens with one attached hydrogen (secondary N) is 2. The van der Waals surface area contributed by atoms with Gasteiger partial charge in [0.1, 0.15) is 6.04 Å². The van der Waals surface area contributed by atoms with Gasteiger partial charge in [-0.05, 0) is 38.1 Å². The van der Waals surface area contributed by atoms with E-state index in [0.29, 0.717) is 5.41 Å². The first-order valence-corrected chi connectivity index (χ1v) is 6.79. The molecule has 0 radical (unpaired) electrons. The van der Waals surface area contributed by atoms with Crippen molar-refractivity contribution in [3.8, 4) is 0 Å². The highest BCUT2D eigenvalue weighted by Crippen LogP contribution is 2.36. The Balaban J connectivity index is 1.85. The molecule has 2 heterocycles. The molecule has 0 aromatic carbocycles. The van der Waals surface area contributed by atoms with Crippen LogP contribution in [-0.2, 0) is 9.59 Å². The summed E-state index contributed by atoms with van der Waals surface area (Å²) in [6.45, 7) is 7.05. The van der Waals surface area contributed by atoms with Crippen LogP contribution in [0, 0.1) is 5.41 Å². The molecule has 1 spiro atoms. The molecule has 102 valence electrons. The number of rotatable bonds is 2. The largest absolute Gasteiger partial charge is 0.345 e. The molecule has 18 heavy (non-hydrogen) atoms. The van der Waals surface area contributed by atoms with Gasteiger partial charge in [-0.1, -0.05) is 0 Å². The summed E-state index contributed by atoms with van der Waals surface area (Å²) in [4.78, 5) is 25.0. The molecule has 0 aliphatic carbocycles. The van der Waals surface area contributed by atoms with Gasteiger partial charge in [-0.3, -0.25) is 9.59 Å². The van der Waals surface area contributed by atoms with Gasteiger partial charge in [0.05, 0.1) is 0 Å². The number of nitrogens with zero attached hydrogens (tertiary/aromatic N) is 1. The van der Waals surface area contributed by atoms with E-state index < -0.39 is 6.04 Å². The summed E-state index contributed by atoms with van der Waals surface area (Å²) in [5.74, 6) is -0.102. The molecule has 0 bridgehead atoms. The number of hydrogen-bond acceptors (Lipinski definition) is 3. The zero-order valence-corrected chi connectivity index (χ0v) is 11.3. The first-order chi connectivity index (χ1) is 8.52. The van der Waals surface area contributed by atoms with Crippen molar-refractivity contribution >= 4 is 11.8 Å². The summed E-state index contributed by atoms with van der Waals surface area (Å²) < 4.78 is 0. The highest BCUT2D eigenvalue weighted by molar-refractivity contribution is 5.86. The Morgan fingerprint density at radius 1 is 1.28 bits per heavy atom. The first kappa shape index (κ1) is 13.3. The number of amides is 2. The molecule has 2 saturated heterocycles. The van der Waals surface area contributed by atoms with Crippen molar-refractivity contribution in [2.24, 2.45) is 5.41 Å². The van der Waals surface area contributed by atoms with E-state index in [1.54, 1.807) is 6.92 Å². The summed E-state index contributed by atoms with van der Waals surface area (Å²) >= 11 is 0. The van der Waals surface area contributed by atoms with Gasteiger partial charge < -0.3 is 15.5 Å². The highest BCUT2D eigenvalue weighted by atomic mass is 16.2. The lowest BCUT2D eigenvalue weighted by atomic mass is 9.78. The van der Waals surface area contributed by atoms with Gasteiger partial charge in [0.15, 0.2) is 0 Å². The number of carbonyl (C=O) groups excluding carboxylic acids is 2. The van der Waals surface area contributed by atoms with Crippen molar-refractivity contribution in [1.29, 1.82) is 0 Å². The quantitative estimate of drug-likeness (QED) is 0.734. The lowest BCUT2D eigenvalue weighted by molar-refractivity contribution is -0.137. The first-order valence-electron chi connectivity index (χ1n) is 6.79. The Kier molecular flexibility index (Phi) is 3.90. The van der Waals surface area contributed by atoms with Crippen molar-refractivity contribution < 1.29 is 9.59 Å². The summed E-state index contributed by atoms with van der Waals surface area (Å²) in [5.41, 5.74) is 0.425. The van der Waals surface area contributed by atoms with E-state index in [2.05, 4.69) is 10.6 Å². The van der Waals surface area contributed by atoms with Gasteiger partial charge in [0.2, 0.25) is 11.8 Å². The van der Waals surface area contributed by atoms with Crippen LogP contribution in [0.3, 0.4) is 0 Å². The SMILES string of the molecule is CC(=O)NC(C)C(=O)N1CCC2(CCNC2)CC1. The number of hydrogen-bond donors (Lipinski definition) is 2. The maximum atomic E-state index is 12.1. The minimum absolute atomic E-state index is 0.0472. The molecule has 2 aliphatic rings. The van der Waals surface area contributed by atoms with E-state index in [1.165, 1.54) is 13.3 Å². The molecule has 0 aromatic rings. The second kappa shape index (κ2) is 5.26. The number of piperidine rings is 1. The molecule has 2 N–H and O–H groups in total. The van der Waals surface area contributed by atoms with E-state index in [-0.39, 0.29) is 11.8 Å². The van der Waals surface area contributed by atoms with Crippen LogP contribution in [0.1, 0.15) is 33.1 Å². The van der Waals surface area contributed by atoms with E-state index in [0.717, 1.165) is 39.0 Å². The fourth-order valence-corrected chi connectivity index (χ4v) is 3.06. The maximum Gasteiger partial charge on any atom is 0.244 e. The Morgan fingerprint density at radius 3 is 2.44 bits per heavy atom. The van der Waals surface area contributed by atoms with Gasteiger partial charge in [-0.15, -0.1) is 0 Å². The lowest BCUT2D eigenvalue weighted by Crippen LogP contribution is -2.51. The Morgan fingerprint density at radius 2 is 1.94 bits per heavy atom. The predicted octanol–water partition coefficient (Wildman–Crippen LogP) is 0.113. The fraction of sp³-hybridized carbons (Fsp3) is 0.846. The van der Waals surface area contributed by atoms with Crippen LogP contribution in [0.5, 0.6) is 0 Å². The average molecular weight is 253 g/mol. The van der Waals surface area contributed by atoms with Crippen molar-refractivity contribution in [1.82, 2.24) is 15.5 Å². The van der Waals surface area contributed by atoms with Crippen molar-refractivity contribution in [3.63, 3.8) is 0 Å². The molecular weight excluding hydrogens is 230 g/mol. The second-order valence-electron chi connectivity index (χ2n) is 5.67. The van der Waals surface area contributed by atoms with Crippen LogP contribution in [0.15, 0.2) is 0 Å². The van der Waals surface area contributed by atoms with Gasteiger partial charge in [-0.2, -0.15) is 0 Å². The zero-order chi connectivity index (χ0) is 13.2. The van der Waals surface area contributed by atoms with Crippen molar-refractivity contribution in [2.75, 3.05) is 26.2 Å². The van der Waals surface area contributed by atoms with Gasteiger partial charge in [-0.25, -0.2) is 0 Å². The second-order valence-corrected chi connectivity index (χ2v) is 5.67. The summed E-state index contributed by atoms with van der Waals surface area (Å²) in [5, 5.41) is 6.07. The predicted molar refractivity (Wildman–Crippen MR) is 69.0 cm³/mol. The third-order valence-electron chi connectivity index (χ3n) is 4.26. The fourth-order valence-electron chi connectivity index (χ4n) is 3.06. The Labute approximate surface area is 108 Å². The van der Waals surface area contributed by atoms with E-state index >= 15 is 0 Å². The topological polar surface area (TPSA) is 61.4 Å². The summed E-state index contributed by atoms with van der Waals surface area (Å²) in [7, 11) is 0. The van der Waals surface area contributed by atoms with Crippen LogP contribution in [-0.4, -0.2) is 48.9 Å². The molecular formula is C13H23N3O2. The molecule has 5 nitrogen and oxygen atoms in total.